The molecule has 2 nitrogen and oxygen atoms in total. The van der Waals surface area contributed by atoms with Crippen LogP contribution in [0.4, 0.5) is 13.2 Å². The molecule has 0 spiro atoms. The van der Waals surface area contributed by atoms with E-state index < -0.39 is 11.7 Å². The summed E-state index contributed by atoms with van der Waals surface area (Å²) >= 11 is 0. The summed E-state index contributed by atoms with van der Waals surface area (Å²) in [5.41, 5.74) is -0.734. The molecule has 1 aromatic rings. The van der Waals surface area contributed by atoms with Crippen molar-refractivity contribution in [2.45, 2.75) is 6.18 Å². The monoisotopic (exact) mass is 203 g/mol. The van der Waals surface area contributed by atoms with Gasteiger partial charge in [-0.1, -0.05) is 23.4 Å². The zero-order chi connectivity index (χ0) is 10.6. The van der Waals surface area contributed by atoms with Gasteiger partial charge in [-0.2, -0.15) is 13.2 Å². The van der Waals surface area contributed by atoms with E-state index in [9.17, 15) is 13.2 Å². The standard InChI is InChI=1S/C9H8F3NO/c1-14-13-6-7-4-2-3-5-8(7)9(10,11)12/h2-6H,1H3. The minimum atomic E-state index is -4.36. The van der Waals surface area contributed by atoms with Crippen molar-refractivity contribution in [2.24, 2.45) is 5.16 Å². The number of benzene rings is 1. The normalized spacial score (nSPS) is 12.0. The first kappa shape index (κ1) is 10.6. The first-order valence-electron chi connectivity index (χ1n) is 3.78. The molecular weight excluding hydrogens is 195 g/mol. The zero-order valence-electron chi connectivity index (χ0n) is 7.38. The minimum absolute atomic E-state index is 0.0122. The largest absolute Gasteiger partial charge is 0.417 e. The number of halogens is 3. The zero-order valence-corrected chi connectivity index (χ0v) is 7.38. The van der Waals surface area contributed by atoms with Gasteiger partial charge in [0.05, 0.1) is 11.8 Å². The Bertz CT molecular complexity index is 333. The molecular formula is C9H8F3NO. The molecule has 0 heterocycles. The highest BCUT2D eigenvalue weighted by atomic mass is 19.4. The second-order valence-corrected chi connectivity index (χ2v) is 2.50. The fraction of sp³-hybridized carbons (Fsp3) is 0.222. The molecule has 1 rings (SSSR count). The van der Waals surface area contributed by atoms with E-state index >= 15 is 0 Å². The molecule has 0 saturated heterocycles. The van der Waals surface area contributed by atoms with E-state index in [2.05, 4.69) is 9.99 Å². The molecule has 14 heavy (non-hydrogen) atoms. The quantitative estimate of drug-likeness (QED) is 0.535. The molecule has 0 saturated carbocycles. The molecule has 0 N–H and O–H groups in total. The smallest absolute Gasteiger partial charge is 0.399 e. The van der Waals surface area contributed by atoms with Gasteiger partial charge in [0.15, 0.2) is 0 Å². The molecule has 5 heteroatoms. The Labute approximate surface area is 79.0 Å². The van der Waals surface area contributed by atoms with Gasteiger partial charge >= 0.3 is 6.18 Å². The molecule has 0 aromatic heterocycles. The van der Waals surface area contributed by atoms with E-state index in [0.717, 1.165) is 12.3 Å². The molecule has 0 aliphatic heterocycles. The maximum absolute atomic E-state index is 12.4. The van der Waals surface area contributed by atoms with E-state index in [4.69, 9.17) is 0 Å². The van der Waals surface area contributed by atoms with Crippen LogP contribution in [0.25, 0.3) is 0 Å². The second-order valence-electron chi connectivity index (χ2n) is 2.50. The average molecular weight is 203 g/mol. The van der Waals surface area contributed by atoms with Crippen LogP contribution in [0.2, 0.25) is 0 Å². The SMILES string of the molecule is CON=Cc1ccccc1C(F)(F)F. The van der Waals surface area contributed by atoms with E-state index in [0.29, 0.717) is 0 Å². The minimum Gasteiger partial charge on any atom is -0.399 e. The molecule has 0 bridgehead atoms. The van der Waals surface area contributed by atoms with E-state index in [-0.39, 0.29) is 5.56 Å². The van der Waals surface area contributed by atoms with Gasteiger partial charge in [-0.15, -0.1) is 0 Å². The van der Waals surface area contributed by atoms with Crippen molar-refractivity contribution >= 4 is 6.21 Å². The summed E-state index contributed by atoms with van der Waals surface area (Å²) in [5, 5.41) is 3.29. The van der Waals surface area contributed by atoms with Crippen LogP contribution in [-0.4, -0.2) is 13.3 Å². The van der Waals surface area contributed by atoms with Crippen molar-refractivity contribution in [3.8, 4) is 0 Å². The molecule has 1 aromatic carbocycles. The molecule has 0 aliphatic rings. The number of rotatable bonds is 2. The van der Waals surface area contributed by atoms with Gasteiger partial charge in [0.25, 0.3) is 0 Å². The first-order chi connectivity index (χ1) is 6.55. The van der Waals surface area contributed by atoms with Crippen LogP contribution < -0.4 is 0 Å². The summed E-state index contributed by atoms with van der Waals surface area (Å²) in [6.07, 6.45) is -3.33. The molecule has 0 fully saturated rings. The van der Waals surface area contributed by atoms with E-state index in [1.54, 1.807) is 0 Å². The van der Waals surface area contributed by atoms with Crippen molar-refractivity contribution in [3.05, 3.63) is 35.4 Å². The van der Waals surface area contributed by atoms with Crippen LogP contribution in [-0.2, 0) is 11.0 Å². The van der Waals surface area contributed by atoms with Gasteiger partial charge in [-0.05, 0) is 6.07 Å². The number of nitrogens with zero attached hydrogens (tertiary/aromatic N) is 1. The lowest BCUT2D eigenvalue weighted by Gasteiger charge is -2.08. The first-order valence-corrected chi connectivity index (χ1v) is 3.78. The number of alkyl halides is 3. The summed E-state index contributed by atoms with van der Waals surface area (Å²) in [6, 6.07) is 5.15. The molecule has 0 unspecified atom stereocenters. The summed E-state index contributed by atoms with van der Waals surface area (Å²) in [6.45, 7) is 0. The van der Waals surface area contributed by atoms with Gasteiger partial charge in [0, 0.05) is 5.56 Å². The number of oxime groups is 1. The number of hydrogen-bond acceptors (Lipinski definition) is 2. The maximum atomic E-state index is 12.4. The molecule has 0 atom stereocenters. The van der Waals surface area contributed by atoms with Gasteiger partial charge in [0.2, 0.25) is 0 Å². The van der Waals surface area contributed by atoms with Gasteiger partial charge in [0.1, 0.15) is 7.11 Å². The van der Waals surface area contributed by atoms with E-state index in [1.807, 2.05) is 0 Å². The van der Waals surface area contributed by atoms with Crippen LogP contribution in [0.3, 0.4) is 0 Å². The van der Waals surface area contributed by atoms with Crippen LogP contribution in [0, 0.1) is 0 Å². The highest BCUT2D eigenvalue weighted by Gasteiger charge is 2.32. The third kappa shape index (κ3) is 2.48. The summed E-state index contributed by atoms with van der Waals surface area (Å²) in [7, 11) is 1.27. The Morgan fingerprint density at radius 1 is 1.29 bits per heavy atom. The summed E-state index contributed by atoms with van der Waals surface area (Å²) in [5.74, 6) is 0. The molecule has 0 amide bonds. The Morgan fingerprint density at radius 2 is 1.93 bits per heavy atom. The summed E-state index contributed by atoms with van der Waals surface area (Å²) < 4.78 is 37.1. The predicted octanol–water partition coefficient (Wildman–Crippen LogP) is 2.69. The predicted molar refractivity (Wildman–Crippen MR) is 46.0 cm³/mol. The number of hydrogen-bond donors (Lipinski definition) is 0. The molecule has 0 radical (unpaired) electrons. The lowest BCUT2D eigenvalue weighted by atomic mass is 10.1. The van der Waals surface area contributed by atoms with Crippen molar-refractivity contribution in [1.82, 2.24) is 0 Å². The van der Waals surface area contributed by atoms with Crippen molar-refractivity contribution in [3.63, 3.8) is 0 Å². The highest BCUT2D eigenvalue weighted by molar-refractivity contribution is 5.81. The van der Waals surface area contributed by atoms with Crippen LogP contribution in [0.15, 0.2) is 29.4 Å². The lowest BCUT2D eigenvalue weighted by Crippen LogP contribution is -2.08. The molecule has 0 aliphatic carbocycles. The lowest BCUT2D eigenvalue weighted by molar-refractivity contribution is -0.137. The fourth-order valence-corrected chi connectivity index (χ4v) is 0.977. The van der Waals surface area contributed by atoms with E-state index in [1.165, 1.54) is 25.3 Å². The third-order valence-corrected chi connectivity index (χ3v) is 1.56. The topological polar surface area (TPSA) is 21.6 Å². The summed E-state index contributed by atoms with van der Waals surface area (Å²) in [4.78, 5) is 4.32. The Hall–Kier alpha value is -1.52. The Kier molecular flexibility index (Phi) is 3.11. The van der Waals surface area contributed by atoms with Crippen LogP contribution >= 0.6 is 0 Å². The van der Waals surface area contributed by atoms with Crippen LogP contribution in [0.1, 0.15) is 11.1 Å². The third-order valence-electron chi connectivity index (χ3n) is 1.56. The van der Waals surface area contributed by atoms with Gasteiger partial charge in [-0.25, -0.2) is 0 Å². The second kappa shape index (κ2) is 4.13. The molecule has 76 valence electrons. The van der Waals surface area contributed by atoms with Crippen molar-refractivity contribution in [2.75, 3.05) is 7.11 Å². The Balaban J connectivity index is 3.10. The maximum Gasteiger partial charge on any atom is 0.417 e. The average Bonchev–Trinajstić information content (AvgIpc) is 2.14. The van der Waals surface area contributed by atoms with Crippen LogP contribution in [0.5, 0.6) is 0 Å². The van der Waals surface area contributed by atoms with Gasteiger partial charge < -0.3 is 4.84 Å². The van der Waals surface area contributed by atoms with Crippen molar-refractivity contribution < 1.29 is 18.0 Å². The van der Waals surface area contributed by atoms with Crippen molar-refractivity contribution in [1.29, 1.82) is 0 Å². The van der Waals surface area contributed by atoms with Gasteiger partial charge in [-0.3, -0.25) is 0 Å². The fourth-order valence-electron chi connectivity index (χ4n) is 0.977. The Morgan fingerprint density at radius 3 is 2.50 bits per heavy atom. The highest BCUT2D eigenvalue weighted by Crippen LogP contribution is 2.30.